The Morgan fingerprint density at radius 3 is 2.40 bits per heavy atom. The Labute approximate surface area is 255 Å². The molecule has 0 aliphatic carbocycles. The summed E-state index contributed by atoms with van der Waals surface area (Å²) in [6.45, 7) is 11.7. The van der Waals surface area contributed by atoms with Crippen LogP contribution in [0.3, 0.4) is 0 Å². The number of aromatic amines is 1. The number of benzene rings is 2. The lowest BCUT2D eigenvalue weighted by molar-refractivity contribution is 0.254. The Balaban J connectivity index is 1.79. The molecule has 9 nitrogen and oxygen atoms in total. The van der Waals surface area contributed by atoms with E-state index in [0.717, 1.165) is 55.4 Å². The molecular weight excluding hydrogens is 562 g/mol. The number of ether oxygens (including phenoxy) is 1. The first-order valence-corrected chi connectivity index (χ1v) is 16.8. The van der Waals surface area contributed by atoms with Gasteiger partial charge in [0, 0.05) is 37.6 Å². The lowest BCUT2D eigenvalue weighted by Gasteiger charge is -2.27. The maximum atomic E-state index is 14.3. The molecule has 0 radical (unpaired) electrons. The van der Waals surface area contributed by atoms with Crippen molar-refractivity contribution in [3.8, 4) is 17.0 Å². The van der Waals surface area contributed by atoms with Crippen molar-refractivity contribution < 1.29 is 13.2 Å². The number of likely N-dealkylation sites (N-methyl/N-ethyl adjacent to an activating group) is 1. The molecule has 0 amide bonds. The molecule has 0 aliphatic heterocycles. The van der Waals surface area contributed by atoms with E-state index in [-0.39, 0.29) is 17.0 Å². The first-order chi connectivity index (χ1) is 20.7. The van der Waals surface area contributed by atoms with E-state index < -0.39 is 10.0 Å². The first kappa shape index (κ1) is 32.4. The summed E-state index contributed by atoms with van der Waals surface area (Å²) >= 11 is 0. The van der Waals surface area contributed by atoms with Gasteiger partial charge in [-0.1, -0.05) is 63.9 Å². The maximum Gasteiger partial charge on any atom is 0.274 e. The van der Waals surface area contributed by atoms with E-state index in [4.69, 9.17) is 4.74 Å². The van der Waals surface area contributed by atoms with Crippen molar-refractivity contribution in [1.82, 2.24) is 24.0 Å². The molecule has 0 fully saturated rings. The lowest BCUT2D eigenvalue weighted by Crippen LogP contribution is -2.38. The average Bonchev–Trinajstić information content (AvgIpc) is 3.32. The van der Waals surface area contributed by atoms with Crippen LogP contribution in [0.25, 0.3) is 22.2 Å². The predicted molar refractivity (Wildman–Crippen MR) is 173 cm³/mol. The number of hydrogen-bond donors (Lipinski definition) is 1. The maximum absolute atomic E-state index is 14.3. The largest absolute Gasteiger partial charge is 0.493 e. The number of nitrogens with zero attached hydrogens (tertiary/aromatic N) is 4. The number of pyridine rings is 1. The van der Waals surface area contributed by atoms with Gasteiger partial charge in [0.05, 0.1) is 22.9 Å². The third-order valence-corrected chi connectivity index (χ3v) is 9.56. The molecule has 0 atom stereocenters. The Morgan fingerprint density at radius 1 is 0.953 bits per heavy atom. The van der Waals surface area contributed by atoms with Crippen LogP contribution in [0.4, 0.5) is 0 Å². The highest BCUT2D eigenvalue weighted by Gasteiger charge is 2.27. The molecule has 0 spiro atoms. The lowest BCUT2D eigenvalue weighted by atomic mass is 10.1. The summed E-state index contributed by atoms with van der Waals surface area (Å²) in [5, 5.41) is 5.33. The van der Waals surface area contributed by atoms with Crippen molar-refractivity contribution in [2.24, 2.45) is 7.05 Å². The summed E-state index contributed by atoms with van der Waals surface area (Å²) in [7, 11) is -2.15. The van der Waals surface area contributed by atoms with E-state index in [9.17, 15) is 13.2 Å². The smallest absolute Gasteiger partial charge is 0.274 e. The molecule has 0 bridgehead atoms. The zero-order valence-electron chi connectivity index (χ0n) is 26.1. The van der Waals surface area contributed by atoms with Crippen LogP contribution in [0, 0.1) is 0 Å². The zero-order valence-corrected chi connectivity index (χ0v) is 26.9. The van der Waals surface area contributed by atoms with Crippen molar-refractivity contribution in [1.29, 1.82) is 0 Å². The predicted octanol–water partition coefficient (Wildman–Crippen LogP) is 5.59. The van der Waals surface area contributed by atoms with Gasteiger partial charge >= 0.3 is 0 Å². The second-order valence-corrected chi connectivity index (χ2v) is 12.7. The molecule has 0 unspecified atom stereocenters. The van der Waals surface area contributed by atoms with E-state index in [1.807, 2.05) is 43.3 Å². The van der Waals surface area contributed by atoms with Gasteiger partial charge < -0.3 is 14.6 Å². The molecule has 0 saturated carbocycles. The van der Waals surface area contributed by atoms with Gasteiger partial charge in [0.2, 0.25) is 10.0 Å². The van der Waals surface area contributed by atoms with Gasteiger partial charge in [-0.25, -0.2) is 8.42 Å². The molecular formula is C33H45N5O4S. The minimum absolute atomic E-state index is 0.152. The van der Waals surface area contributed by atoms with Crippen molar-refractivity contribution >= 4 is 20.9 Å². The molecule has 10 heteroatoms. The number of rotatable bonds is 16. The number of aryl methyl sites for hydroxylation is 2. The highest BCUT2D eigenvalue weighted by molar-refractivity contribution is 7.89. The average molecular weight is 608 g/mol. The number of unbranched alkanes of at least 4 members (excludes halogenated alkanes) is 1. The SMILES string of the molecule is CCCCN(CC)CCN(Cc1ccccc1)S(=O)(=O)c1ccc(OCC)c(-c2cc3c(CCC)nn(C)c3c(=O)[nH]2)c1. The number of H-pyrrole nitrogens is 1. The normalized spacial score (nSPS) is 12.1. The molecule has 2 aromatic heterocycles. The standard InChI is InChI=1S/C33H45N5O4S/c1-6-10-19-37(8-3)20-21-38(24-25-15-12-11-13-16-25)43(40,41)26-17-18-31(42-9-4)27(22-26)30-23-28-29(14-7-2)35-36(5)32(28)33(39)34-30/h11-13,15-18,22-23H,6-10,14,19-21,24H2,1-5H3,(H,34,39). The fraction of sp³-hybridized carbons (Fsp3) is 0.455. The Hall–Kier alpha value is -3.47. The monoisotopic (exact) mass is 607 g/mol. The highest BCUT2D eigenvalue weighted by atomic mass is 32.2. The molecule has 2 heterocycles. The molecule has 0 aliphatic rings. The van der Waals surface area contributed by atoms with Crippen LogP contribution >= 0.6 is 0 Å². The second-order valence-electron chi connectivity index (χ2n) is 10.8. The summed E-state index contributed by atoms with van der Waals surface area (Å²) in [4.78, 5) is 18.6. The van der Waals surface area contributed by atoms with Crippen LogP contribution in [0.5, 0.6) is 5.75 Å². The first-order valence-electron chi connectivity index (χ1n) is 15.4. The van der Waals surface area contributed by atoms with Crippen molar-refractivity contribution in [3.05, 3.63) is 76.2 Å². The quantitative estimate of drug-likeness (QED) is 0.178. The van der Waals surface area contributed by atoms with E-state index in [1.54, 1.807) is 34.2 Å². The molecule has 0 saturated heterocycles. The van der Waals surface area contributed by atoms with Crippen LogP contribution < -0.4 is 10.3 Å². The number of nitrogens with one attached hydrogen (secondary N) is 1. The van der Waals surface area contributed by atoms with Crippen molar-refractivity contribution in [3.63, 3.8) is 0 Å². The fourth-order valence-electron chi connectivity index (χ4n) is 5.39. The third-order valence-electron chi connectivity index (χ3n) is 7.72. The fourth-order valence-corrected chi connectivity index (χ4v) is 6.84. The van der Waals surface area contributed by atoms with Crippen LogP contribution in [-0.4, -0.2) is 65.2 Å². The summed E-state index contributed by atoms with van der Waals surface area (Å²) in [6, 6.07) is 16.5. The van der Waals surface area contributed by atoms with Gasteiger partial charge in [-0.2, -0.15) is 9.40 Å². The van der Waals surface area contributed by atoms with E-state index >= 15 is 0 Å². The van der Waals surface area contributed by atoms with Gasteiger partial charge in [0.15, 0.2) is 0 Å². The van der Waals surface area contributed by atoms with Gasteiger partial charge in [-0.3, -0.25) is 9.48 Å². The minimum Gasteiger partial charge on any atom is -0.493 e. The number of aromatic nitrogens is 3. The molecule has 43 heavy (non-hydrogen) atoms. The van der Waals surface area contributed by atoms with E-state index in [1.165, 1.54) is 0 Å². The van der Waals surface area contributed by atoms with E-state index in [0.29, 0.717) is 42.2 Å². The summed E-state index contributed by atoms with van der Waals surface area (Å²) < 4.78 is 37.7. The second kappa shape index (κ2) is 14.8. The number of fused-ring (bicyclic) bond motifs is 1. The topological polar surface area (TPSA) is 101 Å². The zero-order chi connectivity index (χ0) is 31.0. The van der Waals surface area contributed by atoms with Crippen molar-refractivity contribution in [2.75, 3.05) is 32.8 Å². The Kier molecular flexibility index (Phi) is 11.2. The highest BCUT2D eigenvalue weighted by Crippen LogP contribution is 2.34. The van der Waals surface area contributed by atoms with E-state index in [2.05, 4.69) is 35.8 Å². The van der Waals surface area contributed by atoms with Crippen LogP contribution in [0.2, 0.25) is 0 Å². The molecule has 4 aromatic rings. The van der Waals surface area contributed by atoms with Crippen LogP contribution in [0.15, 0.2) is 64.3 Å². The molecule has 2 aromatic carbocycles. The summed E-state index contributed by atoms with van der Waals surface area (Å²) in [5.74, 6) is 0.503. The summed E-state index contributed by atoms with van der Waals surface area (Å²) in [5.41, 5.74) is 2.99. The van der Waals surface area contributed by atoms with Crippen molar-refractivity contribution in [2.45, 2.75) is 64.8 Å². The number of hydrogen-bond acceptors (Lipinski definition) is 6. The van der Waals surface area contributed by atoms with Gasteiger partial charge in [0.25, 0.3) is 5.56 Å². The third kappa shape index (κ3) is 7.55. The van der Waals surface area contributed by atoms with Crippen LogP contribution in [0.1, 0.15) is 58.2 Å². The van der Waals surface area contributed by atoms with Gasteiger partial charge in [0.1, 0.15) is 11.3 Å². The van der Waals surface area contributed by atoms with Crippen LogP contribution in [-0.2, 0) is 30.0 Å². The molecule has 1 N–H and O–H groups in total. The molecule has 4 rings (SSSR count). The summed E-state index contributed by atoms with van der Waals surface area (Å²) in [6.07, 6.45) is 3.77. The number of sulfonamides is 1. The molecule has 232 valence electrons. The van der Waals surface area contributed by atoms with Gasteiger partial charge in [-0.05, 0) is 62.7 Å². The minimum atomic E-state index is -3.91. The Morgan fingerprint density at radius 2 is 1.72 bits per heavy atom. The van der Waals surface area contributed by atoms with Gasteiger partial charge in [-0.15, -0.1) is 0 Å². The Bertz CT molecular complexity index is 1660.